The second-order valence-electron chi connectivity index (χ2n) is 4.82. The molecule has 6 heteroatoms. The maximum absolute atomic E-state index is 11.7. The van der Waals surface area contributed by atoms with Crippen molar-refractivity contribution in [3.8, 4) is 0 Å². The molecule has 1 aromatic rings. The van der Waals surface area contributed by atoms with Crippen molar-refractivity contribution in [1.29, 1.82) is 0 Å². The molecular weight excluding hydrogens is 246 g/mol. The fourth-order valence-corrected chi connectivity index (χ4v) is 1.66. The normalized spacial score (nSPS) is 11.2. The van der Waals surface area contributed by atoms with E-state index in [1.807, 2.05) is 13.8 Å². The summed E-state index contributed by atoms with van der Waals surface area (Å²) in [7, 11) is 1.63. The highest BCUT2D eigenvalue weighted by Gasteiger charge is 2.19. The van der Waals surface area contributed by atoms with Crippen LogP contribution in [0.4, 0.5) is 11.5 Å². The molecule has 1 heterocycles. The molecule has 0 aliphatic rings. The van der Waals surface area contributed by atoms with Crippen LogP contribution in [0.1, 0.15) is 31.1 Å². The van der Waals surface area contributed by atoms with Gasteiger partial charge in [0.2, 0.25) is 0 Å². The third kappa shape index (κ3) is 4.40. The van der Waals surface area contributed by atoms with Crippen LogP contribution < -0.4 is 11.1 Å². The van der Waals surface area contributed by atoms with Gasteiger partial charge in [0.25, 0.3) is 0 Å². The molecule has 1 aromatic heterocycles. The van der Waals surface area contributed by atoms with Gasteiger partial charge in [-0.1, -0.05) is 0 Å². The van der Waals surface area contributed by atoms with Crippen molar-refractivity contribution in [2.24, 2.45) is 0 Å². The monoisotopic (exact) mass is 267 g/mol. The lowest BCUT2D eigenvalue weighted by Gasteiger charge is -2.26. The maximum Gasteiger partial charge on any atom is 0.340 e. The smallest absolute Gasteiger partial charge is 0.340 e. The van der Waals surface area contributed by atoms with Gasteiger partial charge in [-0.15, -0.1) is 0 Å². The van der Waals surface area contributed by atoms with E-state index < -0.39 is 5.97 Å². The number of rotatable bonds is 6. The number of hydrogen-bond acceptors (Lipinski definition) is 6. The number of anilines is 2. The molecule has 19 heavy (non-hydrogen) atoms. The Kier molecular flexibility index (Phi) is 5.11. The van der Waals surface area contributed by atoms with Crippen molar-refractivity contribution in [1.82, 2.24) is 4.98 Å². The van der Waals surface area contributed by atoms with Crippen molar-refractivity contribution in [3.05, 3.63) is 17.8 Å². The molecule has 0 spiro atoms. The van der Waals surface area contributed by atoms with E-state index >= 15 is 0 Å². The molecule has 0 fully saturated rings. The third-order valence-electron chi connectivity index (χ3n) is 2.40. The number of nitrogens with two attached hydrogens (primary N) is 1. The van der Waals surface area contributed by atoms with Crippen molar-refractivity contribution >= 4 is 17.5 Å². The highest BCUT2D eigenvalue weighted by atomic mass is 16.5. The van der Waals surface area contributed by atoms with Crippen LogP contribution >= 0.6 is 0 Å². The van der Waals surface area contributed by atoms with Gasteiger partial charge in [-0.25, -0.2) is 9.78 Å². The number of nitrogen functional groups attached to an aromatic ring is 1. The molecule has 0 unspecified atom stereocenters. The lowest BCUT2D eigenvalue weighted by atomic mass is 10.1. The quantitative estimate of drug-likeness (QED) is 0.763. The van der Waals surface area contributed by atoms with E-state index in [0.29, 0.717) is 30.3 Å². The minimum absolute atomic E-state index is 0.300. The highest BCUT2D eigenvalue weighted by molar-refractivity contribution is 5.95. The van der Waals surface area contributed by atoms with Crippen LogP contribution in [-0.2, 0) is 9.47 Å². The summed E-state index contributed by atoms with van der Waals surface area (Å²) in [6, 6.07) is 1.59. The van der Waals surface area contributed by atoms with Crippen molar-refractivity contribution in [2.75, 3.05) is 31.4 Å². The summed E-state index contributed by atoms with van der Waals surface area (Å²) < 4.78 is 10.1. The third-order valence-corrected chi connectivity index (χ3v) is 2.40. The molecule has 106 valence electrons. The van der Waals surface area contributed by atoms with Crippen LogP contribution in [-0.4, -0.2) is 36.8 Å². The van der Waals surface area contributed by atoms with Crippen LogP contribution in [0.3, 0.4) is 0 Å². The van der Waals surface area contributed by atoms with Gasteiger partial charge >= 0.3 is 5.97 Å². The van der Waals surface area contributed by atoms with Crippen molar-refractivity contribution in [2.45, 2.75) is 26.3 Å². The Morgan fingerprint density at radius 2 is 2.21 bits per heavy atom. The van der Waals surface area contributed by atoms with E-state index in [4.69, 9.17) is 15.2 Å². The molecule has 0 bridgehead atoms. The molecule has 3 N–H and O–H groups in total. The number of esters is 1. The summed E-state index contributed by atoms with van der Waals surface area (Å²) in [6.45, 7) is 6.50. The number of carbonyl (C=O) groups is 1. The highest BCUT2D eigenvalue weighted by Crippen LogP contribution is 2.19. The molecular formula is C13H21N3O3. The average Bonchev–Trinajstić information content (AvgIpc) is 2.31. The van der Waals surface area contributed by atoms with E-state index in [9.17, 15) is 4.79 Å². The summed E-state index contributed by atoms with van der Waals surface area (Å²) in [4.78, 5) is 15.9. The summed E-state index contributed by atoms with van der Waals surface area (Å²) in [5.41, 5.74) is 6.04. The van der Waals surface area contributed by atoms with Crippen molar-refractivity contribution in [3.63, 3.8) is 0 Å². The van der Waals surface area contributed by atoms with Gasteiger partial charge in [0.15, 0.2) is 0 Å². The molecule has 0 aliphatic carbocycles. The summed E-state index contributed by atoms with van der Waals surface area (Å²) in [5, 5.41) is 3.18. The Labute approximate surface area is 113 Å². The minimum Gasteiger partial charge on any atom is -0.462 e. The zero-order valence-electron chi connectivity index (χ0n) is 11.8. The number of hydrogen-bond donors (Lipinski definition) is 2. The molecule has 0 radical (unpaired) electrons. The van der Waals surface area contributed by atoms with Gasteiger partial charge in [-0.05, 0) is 26.8 Å². The topological polar surface area (TPSA) is 86.5 Å². The largest absolute Gasteiger partial charge is 0.462 e. The van der Waals surface area contributed by atoms with Crippen LogP contribution in [0.15, 0.2) is 12.3 Å². The predicted molar refractivity (Wildman–Crippen MR) is 74.2 cm³/mol. The molecule has 0 aliphatic heterocycles. The Bertz CT molecular complexity index is 447. The Balaban J connectivity index is 2.93. The van der Waals surface area contributed by atoms with Crippen LogP contribution in [0, 0.1) is 0 Å². The maximum atomic E-state index is 11.7. The molecule has 0 saturated heterocycles. The SMILES string of the molecule is CCOC(=O)c1cc(NC(C)(C)COC)ncc1N. The minimum atomic E-state index is -0.449. The Morgan fingerprint density at radius 3 is 2.79 bits per heavy atom. The van der Waals surface area contributed by atoms with Crippen LogP contribution in [0.5, 0.6) is 0 Å². The lowest BCUT2D eigenvalue weighted by molar-refractivity contribution is 0.0527. The fourth-order valence-electron chi connectivity index (χ4n) is 1.66. The van der Waals surface area contributed by atoms with Gasteiger partial charge in [-0.2, -0.15) is 0 Å². The van der Waals surface area contributed by atoms with E-state index in [0.717, 1.165) is 0 Å². The summed E-state index contributed by atoms with van der Waals surface area (Å²) >= 11 is 0. The molecule has 0 aromatic carbocycles. The van der Waals surface area contributed by atoms with E-state index in [2.05, 4.69) is 10.3 Å². The number of carbonyl (C=O) groups excluding carboxylic acids is 1. The predicted octanol–water partition coefficient (Wildman–Crippen LogP) is 1.68. The Morgan fingerprint density at radius 1 is 1.53 bits per heavy atom. The first-order valence-corrected chi connectivity index (χ1v) is 6.09. The van der Waals surface area contributed by atoms with E-state index in [1.54, 1.807) is 20.1 Å². The van der Waals surface area contributed by atoms with Crippen LogP contribution in [0.2, 0.25) is 0 Å². The first kappa shape index (κ1) is 15.2. The first-order valence-electron chi connectivity index (χ1n) is 6.09. The fraction of sp³-hybridized carbons (Fsp3) is 0.538. The van der Waals surface area contributed by atoms with Gasteiger partial charge in [0, 0.05) is 7.11 Å². The number of methoxy groups -OCH3 is 1. The average molecular weight is 267 g/mol. The zero-order valence-corrected chi connectivity index (χ0v) is 11.8. The van der Waals surface area contributed by atoms with Crippen LogP contribution in [0.25, 0.3) is 0 Å². The molecule has 6 nitrogen and oxygen atoms in total. The number of nitrogens with one attached hydrogen (secondary N) is 1. The molecule has 0 atom stereocenters. The number of nitrogens with zero attached hydrogens (tertiary/aromatic N) is 1. The summed E-state index contributed by atoms with van der Waals surface area (Å²) in [5.74, 6) is 0.106. The Hall–Kier alpha value is -1.82. The molecule has 0 saturated carbocycles. The molecule has 0 amide bonds. The van der Waals surface area contributed by atoms with E-state index in [1.165, 1.54) is 6.20 Å². The van der Waals surface area contributed by atoms with Crippen molar-refractivity contribution < 1.29 is 14.3 Å². The second-order valence-corrected chi connectivity index (χ2v) is 4.82. The number of ether oxygens (including phenoxy) is 2. The number of pyridine rings is 1. The number of aromatic nitrogens is 1. The zero-order chi connectivity index (χ0) is 14.5. The van der Waals surface area contributed by atoms with Gasteiger partial charge in [0.1, 0.15) is 5.82 Å². The van der Waals surface area contributed by atoms with Gasteiger partial charge < -0.3 is 20.5 Å². The summed E-state index contributed by atoms with van der Waals surface area (Å²) in [6.07, 6.45) is 1.44. The molecule has 1 rings (SSSR count). The lowest BCUT2D eigenvalue weighted by Crippen LogP contribution is -2.36. The second kappa shape index (κ2) is 6.38. The van der Waals surface area contributed by atoms with E-state index in [-0.39, 0.29) is 5.54 Å². The van der Waals surface area contributed by atoms with Gasteiger partial charge in [0.05, 0.1) is 36.2 Å². The standard InChI is InChI=1S/C13H21N3O3/c1-5-19-12(17)9-6-11(15-7-10(9)14)16-13(2,3)8-18-4/h6-7H,5,8,14H2,1-4H3,(H,15,16). The first-order chi connectivity index (χ1) is 8.89. The van der Waals surface area contributed by atoms with Gasteiger partial charge in [-0.3, -0.25) is 0 Å².